The summed E-state index contributed by atoms with van der Waals surface area (Å²) in [5, 5.41) is 14.0. The summed E-state index contributed by atoms with van der Waals surface area (Å²) >= 11 is 0. The highest BCUT2D eigenvalue weighted by atomic mass is 35.5. The Balaban J connectivity index is 0.00000300. The zero-order valence-corrected chi connectivity index (χ0v) is 17.3. The predicted octanol–water partition coefficient (Wildman–Crippen LogP) is 3.69. The number of nitrogens with zero attached hydrogens (tertiary/aromatic N) is 2. The van der Waals surface area contributed by atoms with E-state index in [1.165, 1.54) is 6.07 Å². The first kappa shape index (κ1) is 23.1. The molecule has 8 heteroatoms. The van der Waals surface area contributed by atoms with Gasteiger partial charge in [0.2, 0.25) is 0 Å². The maximum atomic E-state index is 13.4. The Morgan fingerprint density at radius 1 is 1.21 bits per heavy atom. The largest absolute Gasteiger partial charge is 0.385 e. The smallest absolute Gasteiger partial charge is 0.321 e. The van der Waals surface area contributed by atoms with Crippen molar-refractivity contribution in [2.75, 3.05) is 39.0 Å². The first-order valence-corrected chi connectivity index (χ1v) is 9.23. The predicted molar refractivity (Wildman–Crippen MR) is 111 cm³/mol. The number of halogens is 3. The molecule has 2 N–H and O–H groups in total. The van der Waals surface area contributed by atoms with Crippen LogP contribution in [-0.4, -0.2) is 54.7 Å². The topological polar surface area (TPSA) is 55.8 Å². The monoisotopic (exact) mass is 425 g/mol. The quantitative estimate of drug-likeness (QED) is 0.785. The summed E-state index contributed by atoms with van der Waals surface area (Å²) in [7, 11) is 3.84. The van der Waals surface area contributed by atoms with E-state index in [2.05, 4.69) is 5.32 Å². The fourth-order valence-electron chi connectivity index (χ4n) is 3.74. The normalized spacial score (nSPS) is 21.6. The molecule has 0 spiro atoms. The molecule has 1 aliphatic heterocycles. The van der Waals surface area contributed by atoms with Gasteiger partial charge in [0.15, 0.2) is 11.6 Å². The van der Waals surface area contributed by atoms with Crippen LogP contribution in [0.1, 0.15) is 12.0 Å². The number of piperidine rings is 1. The third kappa shape index (κ3) is 5.23. The second-order valence-electron chi connectivity index (χ2n) is 7.50. The first-order chi connectivity index (χ1) is 13.3. The van der Waals surface area contributed by atoms with Gasteiger partial charge in [0, 0.05) is 37.3 Å². The molecule has 1 heterocycles. The van der Waals surface area contributed by atoms with E-state index in [1.54, 1.807) is 4.90 Å². The zero-order valence-electron chi connectivity index (χ0n) is 16.4. The van der Waals surface area contributed by atoms with Crippen LogP contribution in [0.3, 0.4) is 0 Å². The van der Waals surface area contributed by atoms with Gasteiger partial charge in [-0.3, -0.25) is 0 Å². The standard InChI is InChI=1S/C21H25F2N3O2.ClH/c1-25(2)13-16-14-26(11-10-21(16,28)15-6-4-3-5-7-15)20(27)24-17-8-9-18(22)19(23)12-17;/h3-9,12,16,28H,10-11,13-14H2,1-2H3,(H,24,27);1H. The Hall–Kier alpha value is -2.22. The van der Waals surface area contributed by atoms with Crippen LogP contribution in [0, 0.1) is 17.6 Å². The van der Waals surface area contributed by atoms with Gasteiger partial charge in [-0.15, -0.1) is 12.4 Å². The Labute approximate surface area is 175 Å². The highest BCUT2D eigenvalue weighted by Gasteiger charge is 2.44. The van der Waals surface area contributed by atoms with Crippen molar-refractivity contribution < 1.29 is 18.7 Å². The summed E-state index contributed by atoms with van der Waals surface area (Å²) in [5.41, 5.74) is -0.0101. The number of benzene rings is 2. The van der Waals surface area contributed by atoms with Crippen LogP contribution in [0.4, 0.5) is 19.3 Å². The number of anilines is 1. The molecule has 2 unspecified atom stereocenters. The lowest BCUT2D eigenvalue weighted by atomic mass is 9.75. The van der Waals surface area contributed by atoms with Gasteiger partial charge in [-0.05, 0) is 38.2 Å². The number of urea groups is 1. The van der Waals surface area contributed by atoms with Crippen molar-refractivity contribution in [3.63, 3.8) is 0 Å². The van der Waals surface area contributed by atoms with E-state index in [9.17, 15) is 18.7 Å². The number of likely N-dealkylation sites (tertiary alicyclic amines) is 1. The van der Waals surface area contributed by atoms with E-state index in [4.69, 9.17) is 0 Å². The van der Waals surface area contributed by atoms with Gasteiger partial charge < -0.3 is 20.2 Å². The van der Waals surface area contributed by atoms with E-state index in [1.807, 2.05) is 49.3 Å². The summed E-state index contributed by atoms with van der Waals surface area (Å²) in [4.78, 5) is 16.2. The molecule has 1 fully saturated rings. The van der Waals surface area contributed by atoms with Gasteiger partial charge in [-0.1, -0.05) is 30.3 Å². The van der Waals surface area contributed by atoms with Gasteiger partial charge in [-0.2, -0.15) is 0 Å². The molecule has 2 aromatic rings. The van der Waals surface area contributed by atoms with Crippen molar-refractivity contribution in [2.24, 2.45) is 5.92 Å². The number of nitrogens with one attached hydrogen (secondary N) is 1. The minimum atomic E-state index is -1.04. The van der Waals surface area contributed by atoms with Crippen LogP contribution in [0.15, 0.2) is 48.5 Å². The van der Waals surface area contributed by atoms with Gasteiger partial charge >= 0.3 is 6.03 Å². The molecule has 2 aromatic carbocycles. The fraction of sp³-hybridized carbons (Fsp3) is 0.381. The Bertz CT molecular complexity index is 838. The Morgan fingerprint density at radius 3 is 2.52 bits per heavy atom. The molecule has 3 rings (SSSR count). The summed E-state index contributed by atoms with van der Waals surface area (Å²) in [6, 6.07) is 12.3. The van der Waals surface area contributed by atoms with E-state index >= 15 is 0 Å². The number of hydrogen-bond donors (Lipinski definition) is 2. The molecule has 0 bridgehead atoms. The SMILES string of the molecule is CN(C)CC1CN(C(=O)Nc2ccc(F)c(F)c2)CCC1(O)c1ccccc1.Cl. The maximum Gasteiger partial charge on any atom is 0.321 e. The van der Waals surface area contributed by atoms with E-state index in [0.717, 1.165) is 17.7 Å². The maximum absolute atomic E-state index is 13.4. The molecule has 0 saturated carbocycles. The zero-order chi connectivity index (χ0) is 20.3. The summed E-state index contributed by atoms with van der Waals surface area (Å²) < 4.78 is 26.5. The van der Waals surface area contributed by atoms with Gasteiger partial charge in [-0.25, -0.2) is 13.6 Å². The van der Waals surface area contributed by atoms with Crippen LogP contribution >= 0.6 is 12.4 Å². The number of carbonyl (C=O) groups excluding carboxylic acids is 1. The fourth-order valence-corrected chi connectivity index (χ4v) is 3.74. The molecule has 29 heavy (non-hydrogen) atoms. The van der Waals surface area contributed by atoms with Crippen molar-refractivity contribution in [1.29, 1.82) is 0 Å². The molecule has 0 aromatic heterocycles. The number of aliphatic hydroxyl groups is 1. The summed E-state index contributed by atoms with van der Waals surface area (Å²) in [6.07, 6.45) is 0.390. The minimum absolute atomic E-state index is 0. The summed E-state index contributed by atoms with van der Waals surface area (Å²) in [5.74, 6) is -2.18. The molecule has 1 saturated heterocycles. The molecule has 2 atom stereocenters. The highest BCUT2D eigenvalue weighted by Crippen LogP contribution is 2.38. The average molecular weight is 426 g/mol. The molecule has 1 aliphatic rings. The van der Waals surface area contributed by atoms with E-state index in [-0.39, 0.29) is 24.0 Å². The Kier molecular flexibility index (Phi) is 7.57. The number of hydrogen-bond acceptors (Lipinski definition) is 3. The van der Waals surface area contributed by atoms with Gasteiger partial charge in [0.25, 0.3) is 0 Å². The second kappa shape index (κ2) is 9.52. The number of carbonyl (C=O) groups is 1. The van der Waals surface area contributed by atoms with Gasteiger partial charge in [0.1, 0.15) is 0 Å². The van der Waals surface area contributed by atoms with Crippen molar-refractivity contribution in [3.05, 3.63) is 65.7 Å². The molecular weight excluding hydrogens is 400 g/mol. The van der Waals surface area contributed by atoms with E-state index in [0.29, 0.717) is 26.1 Å². The third-order valence-electron chi connectivity index (χ3n) is 5.20. The number of rotatable bonds is 4. The molecule has 0 radical (unpaired) electrons. The minimum Gasteiger partial charge on any atom is -0.385 e. The lowest BCUT2D eigenvalue weighted by Crippen LogP contribution is -2.55. The van der Waals surface area contributed by atoms with Crippen LogP contribution in [-0.2, 0) is 5.60 Å². The molecule has 2 amide bonds. The first-order valence-electron chi connectivity index (χ1n) is 9.23. The lowest BCUT2D eigenvalue weighted by molar-refractivity contribution is -0.0749. The molecule has 158 valence electrons. The van der Waals surface area contributed by atoms with Crippen molar-refractivity contribution >= 4 is 24.1 Å². The van der Waals surface area contributed by atoms with Crippen molar-refractivity contribution in [1.82, 2.24) is 9.80 Å². The molecule has 5 nitrogen and oxygen atoms in total. The van der Waals surface area contributed by atoms with Crippen LogP contribution < -0.4 is 5.32 Å². The Morgan fingerprint density at radius 2 is 1.90 bits per heavy atom. The van der Waals surface area contributed by atoms with Gasteiger partial charge in [0.05, 0.1) is 5.60 Å². The molecule has 0 aliphatic carbocycles. The lowest BCUT2D eigenvalue weighted by Gasteiger charge is -2.45. The summed E-state index contributed by atoms with van der Waals surface area (Å²) in [6.45, 7) is 1.30. The molecular formula is C21H26ClF2N3O2. The average Bonchev–Trinajstić information content (AvgIpc) is 2.67. The van der Waals surface area contributed by atoms with Crippen LogP contribution in [0.25, 0.3) is 0 Å². The van der Waals surface area contributed by atoms with Crippen molar-refractivity contribution in [3.8, 4) is 0 Å². The van der Waals surface area contributed by atoms with Crippen LogP contribution in [0.5, 0.6) is 0 Å². The van der Waals surface area contributed by atoms with E-state index < -0.39 is 23.3 Å². The number of amides is 2. The highest BCUT2D eigenvalue weighted by molar-refractivity contribution is 5.89. The second-order valence-corrected chi connectivity index (χ2v) is 7.50. The van der Waals surface area contributed by atoms with Crippen molar-refractivity contribution in [2.45, 2.75) is 12.0 Å². The third-order valence-corrected chi connectivity index (χ3v) is 5.20. The van der Waals surface area contributed by atoms with Crippen LogP contribution in [0.2, 0.25) is 0 Å².